The number of carboxylic acid groups (broad SMARTS) is 1. The number of aromatic carboxylic acids is 1. The van der Waals surface area contributed by atoms with Crippen LogP contribution >= 0.6 is 0 Å². The van der Waals surface area contributed by atoms with Gasteiger partial charge in [-0.1, -0.05) is 47.6 Å². The van der Waals surface area contributed by atoms with E-state index in [-0.39, 0.29) is 11.1 Å². The van der Waals surface area contributed by atoms with Crippen LogP contribution in [0, 0.1) is 0 Å². The quantitative estimate of drug-likeness (QED) is 0.643. The van der Waals surface area contributed by atoms with Gasteiger partial charge in [-0.2, -0.15) is 5.26 Å². The van der Waals surface area contributed by atoms with Crippen LogP contribution in [0.2, 0.25) is 0 Å². The molecule has 0 aliphatic heterocycles. The standard InChI is InChI=1S/C16H22O5/c1-15(2,3)10-8-7-9(14(19)21-20)12(16(4,5)6)11(10)13(17)18/h7-8,20H,1-6H3,(H,17,18). The number of hydrogen-bond donors (Lipinski definition) is 2. The summed E-state index contributed by atoms with van der Waals surface area (Å²) in [6.45, 7) is 11.2. The Balaban J connectivity index is 3.89. The third-order valence-corrected chi connectivity index (χ3v) is 3.28. The molecule has 5 nitrogen and oxygen atoms in total. The molecule has 0 spiro atoms. The lowest BCUT2D eigenvalue weighted by molar-refractivity contribution is -0.182. The zero-order valence-electron chi connectivity index (χ0n) is 13.3. The molecule has 1 rings (SSSR count). The lowest BCUT2D eigenvalue weighted by atomic mass is 9.74. The van der Waals surface area contributed by atoms with Gasteiger partial charge in [-0.25, -0.2) is 9.59 Å². The number of hydrogen-bond acceptors (Lipinski definition) is 4. The van der Waals surface area contributed by atoms with E-state index >= 15 is 0 Å². The molecule has 0 saturated carbocycles. The molecule has 21 heavy (non-hydrogen) atoms. The van der Waals surface area contributed by atoms with Gasteiger partial charge in [0.1, 0.15) is 0 Å². The molecule has 0 saturated heterocycles. The molecule has 0 amide bonds. The Hall–Kier alpha value is -1.88. The van der Waals surface area contributed by atoms with Gasteiger partial charge in [-0.15, -0.1) is 0 Å². The van der Waals surface area contributed by atoms with Gasteiger partial charge in [0.15, 0.2) is 0 Å². The van der Waals surface area contributed by atoms with Crippen LogP contribution in [-0.2, 0) is 15.7 Å². The first-order valence-corrected chi connectivity index (χ1v) is 6.68. The van der Waals surface area contributed by atoms with Gasteiger partial charge in [0.05, 0.1) is 11.1 Å². The van der Waals surface area contributed by atoms with Crippen LogP contribution in [0.5, 0.6) is 0 Å². The van der Waals surface area contributed by atoms with Crippen molar-refractivity contribution >= 4 is 11.9 Å². The first kappa shape index (κ1) is 17.2. The van der Waals surface area contributed by atoms with Crippen LogP contribution in [0.3, 0.4) is 0 Å². The molecule has 0 heterocycles. The zero-order valence-corrected chi connectivity index (χ0v) is 13.3. The lowest BCUT2D eigenvalue weighted by Crippen LogP contribution is -2.27. The van der Waals surface area contributed by atoms with Crippen molar-refractivity contribution in [1.29, 1.82) is 0 Å². The van der Waals surface area contributed by atoms with Crippen LogP contribution in [-0.4, -0.2) is 22.3 Å². The fourth-order valence-corrected chi connectivity index (χ4v) is 2.45. The summed E-state index contributed by atoms with van der Waals surface area (Å²) >= 11 is 0. The van der Waals surface area contributed by atoms with Crippen molar-refractivity contribution in [2.75, 3.05) is 0 Å². The second-order valence-electron chi connectivity index (χ2n) is 7.09. The van der Waals surface area contributed by atoms with Crippen LogP contribution in [0.25, 0.3) is 0 Å². The Morgan fingerprint density at radius 2 is 1.52 bits per heavy atom. The van der Waals surface area contributed by atoms with Gasteiger partial charge in [0, 0.05) is 0 Å². The maximum atomic E-state index is 11.8. The largest absolute Gasteiger partial charge is 0.478 e. The van der Waals surface area contributed by atoms with E-state index in [0.717, 1.165) is 0 Å². The van der Waals surface area contributed by atoms with E-state index < -0.39 is 22.8 Å². The molecule has 0 unspecified atom stereocenters. The zero-order chi connectivity index (χ0) is 16.6. The second-order valence-corrected chi connectivity index (χ2v) is 7.09. The third kappa shape index (κ3) is 3.42. The maximum Gasteiger partial charge on any atom is 0.373 e. The number of benzene rings is 1. The van der Waals surface area contributed by atoms with Gasteiger partial charge < -0.3 is 5.11 Å². The molecule has 1 aromatic rings. The SMILES string of the molecule is CC(C)(C)c1ccc(C(=O)OO)c(C(C)(C)C)c1C(=O)O. The molecular weight excluding hydrogens is 272 g/mol. The average molecular weight is 294 g/mol. The molecule has 1 aromatic carbocycles. The molecule has 0 fully saturated rings. The number of carboxylic acids is 1. The summed E-state index contributed by atoms with van der Waals surface area (Å²) in [5.41, 5.74) is 0.164. The molecule has 0 aliphatic rings. The minimum atomic E-state index is -1.10. The van der Waals surface area contributed by atoms with Gasteiger partial charge in [-0.3, -0.25) is 4.89 Å². The van der Waals surface area contributed by atoms with Gasteiger partial charge >= 0.3 is 11.9 Å². The molecule has 0 atom stereocenters. The Bertz CT molecular complexity index is 574. The van der Waals surface area contributed by atoms with Crippen LogP contribution in [0.4, 0.5) is 0 Å². The molecule has 116 valence electrons. The summed E-state index contributed by atoms with van der Waals surface area (Å²) in [7, 11) is 0. The molecule has 2 N–H and O–H groups in total. The summed E-state index contributed by atoms with van der Waals surface area (Å²) in [6, 6.07) is 3.11. The van der Waals surface area contributed by atoms with E-state index in [2.05, 4.69) is 4.89 Å². The van der Waals surface area contributed by atoms with Crippen LogP contribution in [0.1, 0.15) is 73.4 Å². The lowest BCUT2D eigenvalue weighted by Gasteiger charge is -2.29. The van der Waals surface area contributed by atoms with E-state index in [4.69, 9.17) is 5.26 Å². The number of carbonyl (C=O) groups excluding carboxylic acids is 1. The summed E-state index contributed by atoms with van der Waals surface area (Å²) < 4.78 is 0. The maximum absolute atomic E-state index is 11.8. The van der Waals surface area contributed by atoms with Crippen molar-refractivity contribution in [2.24, 2.45) is 0 Å². The van der Waals surface area contributed by atoms with E-state index in [9.17, 15) is 14.7 Å². The second kappa shape index (κ2) is 5.48. The van der Waals surface area contributed by atoms with E-state index in [0.29, 0.717) is 11.1 Å². The highest BCUT2D eigenvalue weighted by molar-refractivity contribution is 5.99. The minimum Gasteiger partial charge on any atom is -0.478 e. The Kier molecular flexibility index (Phi) is 4.48. The smallest absolute Gasteiger partial charge is 0.373 e. The average Bonchev–Trinajstić information content (AvgIpc) is 2.33. The number of rotatable bonds is 2. The molecule has 0 aromatic heterocycles. The van der Waals surface area contributed by atoms with Crippen molar-refractivity contribution in [3.63, 3.8) is 0 Å². The van der Waals surface area contributed by atoms with Gasteiger partial charge in [0.2, 0.25) is 0 Å². The summed E-state index contributed by atoms with van der Waals surface area (Å²) in [5, 5.41) is 18.3. The van der Waals surface area contributed by atoms with Crippen LogP contribution < -0.4 is 0 Å². The summed E-state index contributed by atoms with van der Waals surface area (Å²) in [5.74, 6) is -2.06. The van der Waals surface area contributed by atoms with E-state index in [1.807, 2.05) is 41.5 Å². The fourth-order valence-electron chi connectivity index (χ4n) is 2.45. The van der Waals surface area contributed by atoms with Crippen molar-refractivity contribution in [1.82, 2.24) is 0 Å². The van der Waals surface area contributed by atoms with Crippen molar-refractivity contribution < 1.29 is 24.8 Å². The van der Waals surface area contributed by atoms with Gasteiger partial charge in [-0.05, 0) is 28.0 Å². The fraction of sp³-hybridized carbons (Fsp3) is 0.500. The topological polar surface area (TPSA) is 83.8 Å². The third-order valence-electron chi connectivity index (χ3n) is 3.28. The monoisotopic (exact) mass is 294 g/mol. The predicted molar refractivity (Wildman–Crippen MR) is 78.8 cm³/mol. The van der Waals surface area contributed by atoms with E-state index in [1.54, 1.807) is 6.07 Å². The normalized spacial score (nSPS) is 12.1. The van der Waals surface area contributed by atoms with Crippen LogP contribution in [0.15, 0.2) is 12.1 Å². The molecular formula is C16H22O5. The predicted octanol–water partition coefficient (Wildman–Crippen LogP) is 3.61. The first-order valence-electron chi connectivity index (χ1n) is 6.68. The Labute approximate surface area is 124 Å². The Morgan fingerprint density at radius 3 is 1.86 bits per heavy atom. The Morgan fingerprint density at radius 1 is 1.00 bits per heavy atom. The molecule has 0 bridgehead atoms. The molecule has 0 radical (unpaired) electrons. The van der Waals surface area contributed by atoms with Crippen molar-refractivity contribution in [3.05, 3.63) is 34.4 Å². The minimum absolute atomic E-state index is 0.0652. The van der Waals surface area contributed by atoms with Crippen molar-refractivity contribution in [2.45, 2.75) is 52.4 Å². The molecule has 0 aliphatic carbocycles. The summed E-state index contributed by atoms with van der Waals surface area (Å²) in [6.07, 6.45) is 0. The number of carbonyl (C=O) groups is 2. The highest BCUT2D eigenvalue weighted by Gasteiger charge is 2.33. The molecule has 5 heteroatoms. The highest BCUT2D eigenvalue weighted by atomic mass is 17.1. The van der Waals surface area contributed by atoms with Gasteiger partial charge in [0.25, 0.3) is 0 Å². The first-order chi connectivity index (χ1) is 9.41. The van der Waals surface area contributed by atoms with E-state index in [1.165, 1.54) is 6.07 Å². The summed E-state index contributed by atoms with van der Waals surface area (Å²) in [4.78, 5) is 27.3. The highest BCUT2D eigenvalue weighted by Crippen LogP contribution is 2.36. The van der Waals surface area contributed by atoms with Crippen molar-refractivity contribution in [3.8, 4) is 0 Å².